The van der Waals surface area contributed by atoms with E-state index in [-0.39, 0.29) is 0 Å². The predicted molar refractivity (Wildman–Crippen MR) is 153 cm³/mol. The Bertz CT molecular complexity index is 1080. The first kappa shape index (κ1) is 28.1. The fourth-order valence-electron chi connectivity index (χ4n) is 5.12. The monoisotopic (exact) mass is 600 g/mol. The van der Waals surface area contributed by atoms with Crippen LogP contribution in [-0.4, -0.2) is 19.0 Å². The van der Waals surface area contributed by atoms with Crippen molar-refractivity contribution in [3.63, 3.8) is 0 Å². The van der Waals surface area contributed by atoms with E-state index in [1.807, 2.05) is 18.2 Å². The molecule has 0 heterocycles. The number of halogens is 2. The summed E-state index contributed by atoms with van der Waals surface area (Å²) in [4.78, 5) is 0. The first-order valence-corrected chi connectivity index (χ1v) is 14.4. The van der Waals surface area contributed by atoms with Crippen LogP contribution >= 0.6 is 31.9 Å². The van der Waals surface area contributed by atoms with Crippen LogP contribution in [0.1, 0.15) is 69.8 Å². The Morgan fingerprint density at radius 3 is 1.80 bits per heavy atom. The third kappa shape index (κ3) is 6.11. The third-order valence-corrected chi connectivity index (χ3v) is 7.54. The van der Waals surface area contributed by atoms with Gasteiger partial charge in [-0.15, -0.1) is 0 Å². The number of alkyl halides is 2. The van der Waals surface area contributed by atoms with Crippen LogP contribution in [0.5, 0.6) is 0 Å². The molecule has 3 rings (SSSR count). The average Bonchev–Trinajstić information content (AvgIpc) is 2.82. The lowest BCUT2D eigenvalue weighted by Gasteiger charge is -2.41. The molecule has 3 aromatic carbocycles. The third-order valence-electron chi connectivity index (χ3n) is 6.33. The summed E-state index contributed by atoms with van der Waals surface area (Å²) in [7, 11) is -1.39. The molecule has 1 N–H and O–H groups in total. The lowest BCUT2D eigenvalue weighted by molar-refractivity contribution is 0.0543. The molecular formula is C29H35BBr2O3. The van der Waals surface area contributed by atoms with Crippen LogP contribution < -0.4 is 0 Å². The van der Waals surface area contributed by atoms with E-state index in [2.05, 4.69) is 103 Å². The molecule has 0 saturated carbocycles. The summed E-state index contributed by atoms with van der Waals surface area (Å²) in [5.74, 6) is 0. The van der Waals surface area contributed by atoms with Crippen molar-refractivity contribution >= 4 is 39.2 Å². The van der Waals surface area contributed by atoms with E-state index in [9.17, 15) is 5.02 Å². The maximum atomic E-state index is 11.1. The largest absolute Gasteiger partial charge is 0.637 e. The second kappa shape index (κ2) is 12.7. The molecular weight excluding hydrogens is 567 g/mol. The molecule has 35 heavy (non-hydrogen) atoms. The Kier molecular flexibility index (Phi) is 10.2. The van der Waals surface area contributed by atoms with Crippen molar-refractivity contribution in [3.05, 3.63) is 105 Å². The van der Waals surface area contributed by atoms with Gasteiger partial charge in [0.1, 0.15) is 5.60 Å². The van der Waals surface area contributed by atoms with Crippen molar-refractivity contribution in [1.82, 2.24) is 0 Å². The first-order chi connectivity index (χ1) is 16.8. The zero-order valence-corrected chi connectivity index (χ0v) is 24.5. The smallest absolute Gasteiger partial charge is 0.402 e. The molecule has 0 aliphatic heterocycles. The summed E-state index contributed by atoms with van der Waals surface area (Å²) in [6.45, 7) is 11.0. The average molecular weight is 602 g/mol. The maximum absolute atomic E-state index is 11.1. The Labute approximate surface area is 227 Å². The highest BCUT2D eigenvalue weighted by Gasteiger charge is 2.46. The minimum Gasteiger partial charge on any atom is -0.402 e. The molecule has 3 aromatic rings. The Morgan fingerprint density at radius 1 is 0.829 bits per heavy atom. The lowest BCUT2D eigenvalue weighted by Crippen LogP contribution is -2.43. The number of hydrogen-bond acceptors (Lipinski definition) is 3. The summed E-state index contributed by atoms with van der Waals surface area (Å²) >= 11 is 7.48. The van der Waals surface area contributed by atoms with Crippen molar-refractivity contribution < 1.29 is 14.3 Å². The minimum atomic E-state index is -1.39. The highest BCUT2D eigenvalue weighted by molar-refractivity contribution is 9.08. The number of rotatable bonds is 11. The molecule has 0 aliphatic carbocycles. The quantitative estimate of drug-likeness (QED) is 0.105. The molecule has 0 unspecified atom stereocenters. The molecule has 0 amide bonds. The van der Waals surface area contributed by atoms with Crippen molar-refractivity contribution in [1.29, 1.82) is 0 Å². The van der Waals surface area contributed by atoms with E-state index >= 15 is 0 Å². The molecule has 3 nitrogen and oxygen atoms in total. The molecule has 0 fully saturated rings. The van der Waals surface area contributed by atoms with Gasteiger partial charge in [0.05, 0.1) is 0 Å². The van der Waals surface area contributed by atoms with Crippen molar-refractivity contribution in [3.8, 4) is 0 Å². The zero-order chi connectivity index (χ0) is 25.6. The van der Waals surface area contributed by atoms with E-state index in [0.29, 0.717) is 17.3 Å². The van der Waals surface area contributed by atoms with Crippen molar-refractivity contribution in [2.75, 3.05) is 6.61 Å². The first-order valence-electron chi connectivity index (χ1n) is 12.1. The van der Waals surface area contributed by atoms with Crippen LogP contribution in [0.25, 0.3) is 0 Å². The highest BCUT2D eigenvalue weighted by Crippen LogP contribution is 2.47. The molecule has 0 bridgehead atoms. The van der Waals surface area contributed by atoms with Gasteiger partial charge in [0, 0.05) is 17.3 Å². The van der Waals surface area contributed by atoms with E-state index in [1.54, 1.807) is 0 Å². The summed E-state index contributed by atoms with van der Waals surface area (Å²) < 4.78 is 12.5. The van der Waals surface area contributed by atoms with Gasteiger partial charge in [0.25, 0.3) is 0 Å². The molecule has 0 saturated heterocycles. The van der Waals surface area contributed by atoms with Crippen LogP contribution in [-0.2, 0) is 25.6 Å². The summed E-state index contributed by atoms with van der Waals surface area (Å²) in [6, 6.07) is 19.0. The van der Waals surface area contributed by atoms with Crippen LogP contribution in [0.2, 0.25) is 0 Å². The van der Waals surface area contributed by atoms with Gasteiger partial charge in [-0.05, 0) is 73.1 Å². The Morgan fingerprint density at radius 2 is 1.34 bits per heavy atom. The van der Waals surface area contributed by atoms with Crippen LogP contribution in [0.3, 0.4) is 0 Å². The van der Waals surface area contributed by atoms with Gasteiger partial charge in [-0.2, -0.15) is 0 Å². The highest BCUT2D eigenvalue weighted by atomic mass is 79.9. The van der Waals surface area contributed by atoms with Gasteiger partial charge in [-0.3, -0.25) is 0 Å². The summed E-state index contributed by atoms with van der Waals surface area (Å²) in [5, 5.41) is 12.5. The fourth-order valence-corrected chi connectivity index (χ4v) is 6.00. The minimum absolute atomic E-state index is 0.429. The van der Waals surface area contributed by atoms with Gasteiger partial charge in [-0.25, -0.2) is 0 Å². The zero-order valence-electron chi connectivity index (χ0n) is 21.3. The molecule has 0 aliphatic rings. The van der Waals surface area contributed by atoms with Gasteiger partial charge >= 0.3 is 7.32 Å². The fraction of sp³-hybridized carbons (Fsp3) is 0.379. The number of benzene rings is 3. The van der Waals surface area contributed by atoms with Gasteiger partial charge in [-0.1, -0.05) is 111 Å². The predicted octanol–water partition coefficient (Wildman–Crippen LogP) is 7.81. The molecule has 0 aromatic heterocycles. The number of unbranched alkanes of at least 4 members (excludes halogenated alkanes) is 1. The van der Waals surface area contributed by atoms with Gasteiger partial charge < -0.3 is 14.3 Å². The second-order valence-electron chi connectivity index (χ2n) is 9.20. The van der Waals surface area contributed by atoms with Crippen LogP contribution in [0, 0.1) is 27.7 Å². The SMILES string of the molecule is CCCCOB(O)OC(c1ccccc1)(c1c(C)cc(C)cc1CBr)c1c(C)cc(C)cc1CBr. The van der Waals surface area contributed by atoms with Crippen molar-refractivity contribution in [2.45, 2.75) is 63.7 Å². The second-order valence-corrected chi connectivity index (χ2v) is 10.3. The van der Waals surface area contributed by atoms with Crippen LogP contribution in [0.15, 0.2) is 54.6 Å². The maximum Gasteiger partial charge on any atom is 0.637 e. The van der Waals surface area contributed by atoms with Gasteiger partial charge in [0.2, 0.25) is 0 Å². The Hall–Kier alpha value is -1.44. The number of aryl methyl sites for hydroxylation is 4. The summed E-state index contributed by atoms with van der Waals surface area (Å²) in [5.41, 5.74) is 8.72. The van der Waals surface area contributed by atoms with E-state index in [0.717, 1.165) is 51.8 Å². The molecule has 6 heteroatoms. The molecule has 0 radical (unpaired) electrons. The van der Waals surface area contributed by atoms with E-state index in [1.165, 1.54) is 11.1 Å². The summed E-state index contributed by atoms with van der Waals surface area (Å²) in [6.07, 6.45) is 1.83. The Balaban J connectivity index is 2.46. The van der Waals surface area contributed by atoms with E-state index < -0.39 is 12.9 Å². The topological polar surface area (TPSA) is 38.7 Å². The molecule has 0 spiro atoms. The van der Waals surface area contributed by atoms with Gasteiger partial charge in [0.15, 0.2) is 0 Å². The van der Waals surface area contributed by atoms with Crippen molar-refractivity contribution in [2.24, 2.45) is 0 Å². The normalized spacial score (nSPS) is 11.7. The standard InChI is InChI=1S/C29H35BBr2O3/c1-6-7-13-34-30(33)35-29(26-11-9-8-10-12-26,27-22(4)14-20(2)16-24(27)18-31)28-23(5)15-21(3)17-25(28)19-32/h8-12,14-17,33H,6-7,13,18-19H2,1-5H3. The van der Waals surface area contributed by atoms with Crippen LogP contribution in [0.4, 0.5) is 0 Å². The molecule has 186 valence electrons. The lowest BCUT2D eigenvalue weighted by atomic mass is 9.72. The van der Waals surface area contributed by atoms with E-state index in [4.69, 9.17) is 9.31 Å². The molecule has 0 atom stereocenters. The number of hydrogen-bond donors (Lipinski definition) is 1.